The molecule has 0 aliphatic carbocycles. The fourth-order valence-corrected chi connectivity index (χ4v) is 6.28. The van der Waals surface area contributed by atoms with Crippen LogP contribution in [-0.2, 0) is 13.3 Å². The van der Waals surface area contributed by atoms with E-state index >= 15 is 0 Å². The Bertz CT molecular complexity index is 335. The third-order valence-corrected chi connectivity index (χ3v) is 7.76. The van der Waals surface area contributed by atoms with Gasteiger partial charge in [0.1, 0.15) is 0 Å². The third-order valence-electron chi connectivity index (χ3n) is 4.31. The molecule has 0 aromatic heterocycles. The minimum absolute atomic E-state index is 0.142. The molecule has 184 valence electrons. The van der Waals surface area contributed by atoms with E-state index in [0.717, 1.165) is 24.3 Å². The second-order valence-electron chi connectivity index (χ2n) is 10.6. The molecule has 5 heteroatoms. The van der Waals surface area contributed by atoms with Gasteiger partial charge in [-0.15, -0.1) is 0 Å². The van der Waals surface area contributed by atoms with Gasteiger partial charge in [-0.3, -0.25) is 0 Å². The highest BCUT2D eigenvalue weighted by Crippen LogP contribution is 2.25. The molecule has 0 aliphatic rings. The average Bonchev–Trinajstić information content (AvgIpc) is 2.51. The van der Waals surface area contributed by atoms with Gasteiger partial charge < -0.3 is 18.6 Å². The van der Waals surface area contributed by atoms with Crippen LogP contribution in [0.2, 0.25) is 6.04 Å². The monoisotopic (exact) mass is 447 g/mol. The van der Waals surface area contributed by atoms with Crippen LogP contribution in [0.15, 0.2) is 0 Å². The van der Waals surface area contributed by atoms with Gasteiger partial charge in [0.2, 0.25) is 0 Å². The summed E-state index contributed by atoms with van der Waals surface area (Å²) in [4.78, 5) is 0. The molecular formula is C25H57NO3Si. The SMILES string of the molecule is CC(C)CCC[Si](OC(C)C)(OC(C)C)OC(C)C.CC(C)CCNCCC(C)C. The van der Waals surface area contributed by atoms with E-state index in [1.54, 1.807) is 0 Å². The fraction of sp³-hybridized carbons (Fsp3) is 1.00. The zero-order chi connectivity index (χ0) is 23.7. The lowest BCUT2D eigenvalue weighted by molar-refractivity contribution is 0.00268. The first-order chi connectivity index (χ1) is 13.8. The van der Waals surface area contributed by atoms with Crippen molar-refractivity contribution >= 4 is 8.80 Å². The number of nitrogens with one attached hydrogen (secondary N) is 1. The molecule has 0 unspecified atom stereocenters. The van der Waals surface area contributed by atoms with E-state index in [4.69, 9.17) is 13.3 Å². The van der Waals surface area contributed by atoms with Gasteiger partial charge >= 0.3 is 8.80 Å². The second-order valence-corrected chi connectivity index (χ2v) is 13.2. The molecule has 0 saturated heterocycles. The van der Waals surface area contributed by atoms with E-state index in [-0.39, 0.29) is 18.3 Å². The van der Waals surface area contributed by atoms with Crippen LogP contribution < -0.4 is 5.32 Å². The molecule has 0 bridgehead atoms. The molecule has 0 rings (SSSR count). The van der Waals surface area contributed by atoms with Crippen molar-refractivity contribution in [1.29, 1.82) is 0 Å². The van der Waals surface area contributed by atoms with Crippen molar-refractivity contribution in [2.24, 2.45) is 17.8 Å². The maximum absolute atomic E-state index is 6.14. The maximum atomic E-state index is 6.14. The van der Waals surface area contributed by atoms with Gasteiger partial charge in [-0.1, -0.05) is 48.0 Å². The lowest BCUT2D eigenvalue weighted by Crippen LogP contribution is -2.50. The molecule has 0 radical (unpaired) electrons. The molecule has 0 aliphatic heterocycles. The summed E-state index contributed by atoms with van der Waals surface area (Å²) >= 11 is 0. The topological polar surface area (TPSA) is 39.7 Å². The predicted octanol–water partition coefficient (Wildman–Crippen LogP) is 7.30. The molecule has 0 saturated carbocycles. The lowest BCUT2D eigenvalue weighted by Gasteiger charge is -2.34. The molecule has 0 amide bonds. The van der Waals surface area contributed by atoms with E-state index < -0.39 is 8.80 Å². The van der Waals surface area contributed by atoms with E-state index in [1.165, 1.54) is 32.4 Å². The number of rotatable bonds is 16. The summed E-state index contributed by atoms with van der Waals surface area (Å²) in [5, 5.41) is 3.45. The quantitative estimate of drug-likeness (QED) is 0.199. The van der Waals surface area contributed by atoms with Crippen LogP contribution >= 0.6 is 0 Å². The van der Waals surface area contributed by atoms with E-state index in [9.17, 15) is 0 Å². The van der Waals surface area contributed by atoms with E-state index in [0.29, 0.717) is 5.92 Å². The number of hydrogen-bond donors (Lipinski definition) is 1. The van der Waals surface area contributed by atoms with Crippen LogP contribution in [0.5, 0.6) is 0 Å². The Kier molecular flexibility index (Phi) is 20.0. The van der Waals surface area contributed by atoms with Gasteiger partial charge in [-0.05, 0) is 91.6 Å². The van der Waals surface area contributed by atoms with Crippen LogP contribution in [0.1, 0.15) is 109 Å². The van der Waals surface area contributed by atoms with Crippen molar-refractivity contribution in [2.45, 2.75) is 133 Å². The van der Waals surface area contributed by atoms with Crippen molar-refractivity contribution in [2.75, 3.05) is 13.1 Å². The van der Waals surface area contributed by atoms with Crippen molar-refractivity contribution in [3.63, 3.8) is 0 Å². The van der Waals surface area contributed by atoms with Crippen molar-refractivity contribution in [3.8, 4) is 0 Å². The highest BCUT2D eigenvalue weighted by Gasteiger charge is 2.43. The Morgan fingerprint density at radius 3 is 1.13 bits per heavy atom. The molecule has 1 N–H and O–H groups in total. The Hall–Kier alpha value is 0.0569. The zero-order valence-electron chi connectivity index (χ0n) is 22.6. The van der Waals surface area contributed by atoms with E-state index in [2.05, 4.69) is 88.4 Å². The molecule has 0 heterocycles. The first kappa shape index (κ1) is 32.2. The summed E-state index contributed by atoms with van der Waals surface area (Å²) in [6, 6.07) is 0.916. The lowest BCUT2D eigenvalue weighted by atomic mass is 10.1. The molecule has 4 nitrogen and oxygen atoms in total. The van der Waals surface area contributed by atoms with Crippen LogP contribution in [0.3, 0.4) is 0 Å². The Morgan fingerprint density at radius 2 is 0.867 bits per heavy atom. The highest BCUT2D eigenvalue weighted by molar-refractivity contribution is 6.60. The largest absolute Gasteiger partial charge is 0.501 e. The van der Waals surface area contributed by atoms with Crippen LogP contribution in [0, 0.1) is 17.8 Å². The van der Waals surface area contributed by atoms with Gasteiger partial charge in [0.05, 0.1) is 0 Å². The van der Waals surface area contributed by atoms with Gasteiger partial charge in [0, 0.05) is 24.4 Å². The molecule has 0 atom stereocenters. The molecule has 0 aromatic carbocycles. The minimum Gasteiger partial charge on any atom is -0.371 e. The smallest absolute Gasteiger partial charge is 0.371 e. The van der Waals surface area contributed by atoms with Crippen molar-refractivity contribution < 1.29 is 13.3 Å². The zero-order valence-corrected chi connectivity index (χ0v) is 23.6. The summed E-state index contributed by atoms with van der Waals surface area (Å²) in [5.41, 5.74) is 0. The molecule has 0 spiro atoms. The first-order valence-corrected chi connectivity index (χ1v) is 14.5. The van der Waals surface area contributed by atoms with Crippen molar-refractivity contribution in [1.82, 2.24) is 5.32 Å². The highest BCUT2D eigenvalue weighted by atomic mass is 28.4. The molecule has 0 aromatic rings. The summed E-state index contributed by atoms with van der Waals surface area (Å²) in [6.45, 7) is 28.3. The maximum Gasteiger partial charge on any atom is 0.501 e. The fourth-order valence-electron chi connectivity index (χ4n) is 2.97. The molecular weight excluding hydrogens is 390 g/mol. The Balaban J connectivity index is 0. The van der Waals surface area contributed by atoms with Crippen LogP contribution in [-0.4, -0.2) is 40.2 Å². The third kappa shape index (κ3) is 22.7. The van der Waals surface area contributed by atoms with Gasteiger partial charge in [-0.25, -0.2) is 0 Å². The second kappa shape index (κ2) is 18.6. The summed E-state index contributed by atoms with van der Waals surface area (Å²) < 4.78 is 18.4. The molecule has 0 fully saturated rings. The first-order valence-electron chi connectivity index (χ1n) is 12.5. The standard InChI is InChI=1S/C15H34O3Si.C10H23N/c1-12(2)10-9-11-19(16-13(3)4,17-14(5)6)18-15(7)8;1-9(2)5-7-11-8-6-10(3)4/h12-15H,9-11H2,1-8H3;9-11H,5-8H2,1-4H3. The van der Waals surface area contributed by atoms with Crippen LogP contribution in [0.4, 0.5) is 0 Å². The summed E-state index contributed by atoms with van der Waals surface area (Å²) in [6.07, 6.45) is 5.33. The molecule has 30 heavy (non-hydrogen) atoms. The van der Waals surface area contributed by atoms with Crippen molar-refractivity contribution in [3.05, 3.63) is 0 Å². The van der Waals surface area contributed by atoms with E-state index in [1.807, 2.05) is 0 Å². The van der Waals surface area contributed by atoms with Gasteiger partial charge in [0.25, 0.3) is 0 Å². The Morgan fingerprint density at radius 1 is 0.533 bits per heavy atom. The normalized spacial score (nSPS) is 12.6. The summed E-state index contributed by atoms with van der Waals surface area (Å²) in [7, 11) is -2.55. The average molecular weight is 448 g/mol. The van der Waals surface area contributed by atoms with Gasteiger partial charge in [0.15, 0.2) is 0 Å². The minimum atomic E-state index is -2.55. The van der Waals surface area contributed by atoms with Crippen LogP contribution in [0.25, 0.3) is 0 Å². The van der Waals surface area contributed by atoms with Gasteiger partial charge in [-0.2, -0.15) is 0 Å². The predicted molar refractivity (Wildman–Crippen MR) is 135 cm³/mol. The number of hydrogen-bond acceptors (Lipinski definition) is 4. The Labute approximate surface area is 191 Å². The summed E-state index contributed by atoms with van der Waals surface area (Å²) in [5.74, 6) is 2.38.